The third kappa shape index (κ3) is 4.29. The minimum absolute atomic E-state index is 0. The summed E-state index contributed by atoms with van der Waals surface area (Å²) in [7, 11) is 6.61. The van der Waals surface area contributed by atoms with Crippen molar-refractivity contribution in [1.29, 1.82) is 0 Å². The van der Waals surface area contributed by atoms with Crippen molar-refractivity contribution in [3.63, 3.8) is 0 Å². The molecule has 0 unspecified atom stereocenters. The van der Waals surface area contributed by atoms with Gasteiger partial charge in [0.1, 0.15) is 5.82 Å². The van der Waals surface area contributed by atoms with Crippen molar-refractivity contribution in [1.82, 2.24) is 0 Å². The lowest BCUT2D eigenvalue weighted by atomic mass is 9.88. The van der Waals surface area contributed by atoms with E-state index in [1.165, 1.54) is 17.7 Å². The summed E-state index contributed by atoms with van der Waals surface area (Å²) < 4.78 is 38.4. The van der Waals surface area contributed by atoms with E-state index in [0.717, 1.165) is 51.9 Å². The molecule has 0 saturated heterocycles. The van der Waals surface area contributed by atoms with Crippen molar-refractivity contribution in [2.75, 3.05) is 28.4 Å². The Hall–Kier alpha value is -3.32. The predicted octanol–water partition coefficient (Wildman–Crippen LogP) is 2.12. The van der Waals surface area contributed by atoms with Crippen LogP contribution in [0.5, 0.6) is 23.0 Å². The van der Waals surface area contributed by atoms with E-state index in [9.17, 15) is 4.39 Å². The fourth-order valence-electron chi connectivity index (χ4n) is 4.93. The van der Waals surface area contributed by atoms with Gasteiger partial charge < -0.3 is 35.9 Å². The van der Waals surface area contributed by atoms with E-state index >= 15 is 0 Å². The number of aromatic nitrogens is 1. The van der Waals surface area contributed by atoms with Crippen molar-refractivity contribution in [2.24, 2.45) is 0 Å². The molecule has 0 saturated carbocycles. The molecule has 0 bridgehead atoms. The lowest BCUT2D eigenvalue weighted by Gasteiger charge is -2.22. The lowest BCUT2D eigenvalue weighted by molar-refractivity contribution is -0.686. The fourth-order valence-corrected chi connectivity index (χ4v) is 4.93. The molecule has 3 aromatic carbocycles. The Kier molecular flexibility index (Phi) is 7.17. The summed E-state index contributed by atoms with van der Waals surface area (Å²) in [6, 6.07) is 14.8. The van der Waals surface area contributed by atoms with Crippen molar-refractivity contribution in [2.45, 2.75) is 19.4 Å². The normalized spacial score (nSPS) is 11.8. The molecule has 1 aliphatic rings. The number of fused-ring (bicyclic) bond motifs is 4. The highest BCUT2D eigenvalue weighted by molar-refractivity contribution is 5.95. The molecule has 0 fully saturated rings. The van der Waals surface area contributed by atoms with Gasteiger partial charge in [0.25, 0.3) is 0 Å². The number of ether oxygens (including phenoxy) is 4. The van der Waals surface area contributed by atoms with Gasteiger partial charge >= 0.3 is 0 Å². The van der Waals surface area contributed by atoms with Crippen LogP contribution < -0.4 is 40.5 Å². The van der Waals surface area contributed by atoms with Gasteiger partial charge in [0.2, 0.25) is 5.69 Å². The standard InChI is InChI=1S/C28H27FNO4.BrH/c1-31-24-10-9-20-22(13-17-5-7-19(29)8-6-17)27-21-15-26(33-3)25(32-2)14-18(21)11-12-30(27)16-23(20)28(24)34-4;/h5-10,14-16H,11-13H2,1-4H3;1H/q+1;/p-1. The molecule has 2 heterocycles. The first-order valence-corrected chi connectivity index (χ1v) is 11.2. The van der Waals surface area contributed by atoms with Crippen LogP contribution in [0, 0.1) is 5.82 Å². The van der Waals surface area contributed by atoms with E-state index in [4.69, 9.17) is 18.9 Å². The zero-order chi connectivity index (χ0) is 23.8. The van der Waals surface area contributed by atoms with Gasteiger partial charge in [0.15, 0.2) is 35.7 Å². The molecular weight excluding hydrogens is 513 g/mol. The highest BCUT2D eigenvalue weighted by atomic mass is 79.9. The summed E-state index contributed by atoms with van der Waals surface area (Å²) in [5, 5.41) is 2.04. The van der Waals surface area contributed by atoms with Crippen LogP contribution in [0.1, 0.15) is 16.7 Å². The molecule has 0 aliphatic carbocycles. The first-order valence-electron chi connectivity index (χ1n) is 11.2. The number of hydrogen-bond acceptors (Lipinski definition) is 4. The smallest absolute Gasteiger partial charge is 0.217 e. The van der Waals surface area contributed by atoms with Crippen LogP contribution in [-0.2, 0) is 19.4 Å². The van der Waals surface area contributed by atoms with E-state index in [-0.39, 0.29) is 22.8 Å². The number of pyridine rings is 1. The molecule has 0 amide bonds. The molecule has 4 aromatic rings. The van der Waals surface area contributed by atoms with Gasteiger partial charge in [-0.25, -0.2) is 4.39 Å². The van der Waals surface area contributed by atoms with Crippen LogP contribution in [0.15, 0.2) is 54.7 Å². The SMILES string of the molecule is COc1cc2c(cc1OC)-c1c(Cc3ccc(F)cc3)c3ccc(OC)c(OC)c3c[n+]1CC2.[Br-]. The second-order valence-electron chi connectivity index (χ2n) is 8.33. The summed E-state index contributed by atoms with van der Waals surface area (Å²) in [5.41, 5.74) is 5.60. The molecule has 7 heteroatoms. The Morgan fingerprint density at radius 3 is 2.14 bits per heavy atom. The third-order valence-electron chi connectivity index (χ3n) is 6.55. The van der Waals surface area contributed by atoms with E-state index in [1.807, 2.05) is 18.2 Å². The van der Waals surface area contributed by atoms with Crippen LogP contribution in [-0.4, -0.2) is 28.4 Å². The van der Waals surface area contributed by atoms with Crippen molar-refractivity contribution in [3.8, 4) is 34.3 Å². The van der Waals surface area contributed by atoms with Crippen molar-refractivity contribution in [3.05, 3.63) is 77.2 Å². The van der Waals surface area contributed by atoms with Crippen molar-refractivity contribution >= 4 is 10.8 Å². The first-order chi connectivity index (χ1) is 16.6. The van der Waals surface area contributed by atoms with Gasteiger partial charge in [-0.1, -0.05) is 12.1 Å². The van der Waals surface area contributed by atoms with Gasteiger partial charge in [-0.15, -0.1) is 0 Å². The highest BCUT2D eigenvalue weighted by Crippen LogP contribution is 2.43. The summed E-state index contributed by atoms with van der Waals surface area (Å²) in [6.45, 7) is 0.810. The van der Waals surface area contributed by atoms with Gasteiger partial charge in [-0.2, -0.15) is 4.57 Å². The maximum Gasteiger partial charge on any atom is 0.217 e. The Morgan fingerprint density at radius 2 is 1.49 bits per heavy atom. The number of methoxy groups -OCH3 is 4. The fraction of sp³-hybridized carbons (Fsp3) is 0.250. The summed E-state index contributed by atoms with van der Waals surface area (Å²) in [4.78, 5) is 0. The number of halogens is 2. The summed E-state index contributed by atoms with van der Waals surface area (Å²) in [6.07, 6.45) is 3.64. The quantitative estimate of drug-likeness (QED) is 0.352. The summed E-state index contributed by atoms with van der Waals surface area (Å²) in [5.74, 6) is 2.56. The van der Waals surface area contributed by atoms with E-state index < -0.39 is 0 Å². The molecule has 0 atom stereocenters. The number of aryl methyl sites for hydroxylation is 2. The van der Waals surface area contributed by atoms with E-state index in [2.05, 4.69) is 29.0 Å². The number of hydrogen-bond donors (Lipinski definition) is 0. The summed E-state index contributed by atoms with van der Waals surface area (Å²) >= 11 is 0. The second-order valence-corrected chi connectivity index (χ2v) is 8.33. The molecule has 0 N–H and O–H groups in total. The highest BCUT2D eigenvalue weighted by Gasteiger charge is 2.31. The molecule has 0 radical (unpaired) electrons. The van der Waals surface area contributed by atoms with Gasteiger partial charge in [-0.05, 0) is 47.5 Å². The van der Waals surface area contributed by atoms with E-state index in [0.29, 0.717) is 23.7 Å². The first kappa shape index (κ1) is 24.8. The molecule has 1 aliphatic heterocycles. The van der Waals surface area contributed by atoms with Crippen molar-refractivity contribution < 1.29 is 44.9 Å². The molecule has 0 spiro atoms. The minimum atomic E-state index is -0.244. The Labute approximate surface area is 214 Å². The van der Waals surface area contributed by atoms with Crippen LogP contribution in [0.25, 0.3) is 22.0 Å². The average molecular weight is 540 g/mol. The molecule has 5 nitrogen and oxygen atoms in total. The molecular formula is C28H27BrFNO4. The Balaban J connectivity index is 0.00000289. The second kappa shape index (κ2) is 10.1. The minimum Gasteiger partial charge on any atom is -1.00 e. The lowest BCUT2D eigenvalue weighted by Crippen LogP contribution is -3.00. The van der Waals surface area contributed by atoms with Crippen LogP contribution >= 0.6 is 0 Å². The van der Waals surface area contributed by atoms with Gasteiger partial charge in [0, 0.05) is 23.8 Å². The average Bonchev–Trinajstić information content (AvgIpc) is 2.87. The number of rotatable bonds is 6. The van der Waals surface area contributed by atoms with E-state index in [1.54, 1.807) is 28.4 Å². The van der Waals surface area contributed by atoms with Crippen LogP contribution in [0.3, 0.4) is 0 Å². The molecule has 35 heavy (non-hydrogen) atoms. The van der Waals surface area contributed by atoms with Gasteiger partial charge in [0.05, 0.1) is 39.4 Å². The molecule has 182 valence electrons. The van der Waals surface area contributed by atoms with Crippen LogP contribution in [0.4, 0.5) is 4.39 Å². The Morgan fingerprint density at radius 1 is 0.800 bits per heavy atom. The number of nitrogens with zero attached hydrogens (tertiary/aromatic N) is 1. The zero-order valence-electron chi connectivity index (χ0n) is 20.2. The zero-order valence-corrected chi connectivity index (χ0v) is 21.7. The third-order valence-corrected chi connectivity index (χ3v) is 6.55. The monoisotopic (exact) mass is 539 g/mol. The number of benzene rings is 3. The maximum atomic E-state index is 13.6. The van der Waals surface area contributed by atoms with Crippen LogP contribution in [0.2, 0.25) is 0 Å². The largest absolute Gasteiger partial charge is 1.00 e. The predicted molar refractivity (Wildman–Crippen MR) is 129 cm³/mol. The van der Waals surface area contributed by atoms with Gasteiger partial charge in [-0.3, -0.25) is 0 Å². The molecule has 5 rings (SSSR count). The topological polar surface area (TPSA) is 40.8 Å². The molecule has 1 aromatic heterocycles. The maximum absolute atomic E-state index is 13.6. The Bertz CT molecular complexity index is 1390.